The molecule has 152 valence electrons. The van der Waals surface area contributed by atoms with Crippen molar-refractivity contribution in [2.75, 3.05) is 6.61 Å². The van der Waals surface area contributed by atoms with Gasteiger partial charge in [0.2, 0.25) is 0 Å². The van der Waals surface area contributed by atoms with Gasteiger partial charge in [0, 0.05) is 0 Å². The van der Waals surface area contributed by atoms with Crippen molar-refractivity contribution in [2.24, 2.45) is 5.92 Å². The monoisotopic (exact) mass is 402 g/mol. The van der Waals surface area contributed by atoms with Crippen molar-refractivity contribution >= 4 is 11.6 Å². The summed E-state index contributed by atoms with van der Waals surface area (Å²) >= 11 is 6.08. The molecule has 0 saturated heterocycles. The molecule has 2 rings (SSSR count). The molecule has 0 aromatic heterocycles. The molecule has 0 saturated carbocycles. The zero-order valence-electron chi connectivity index (χ0n) is 17.4. The van der Waals surface area contributed by atoms with Gasteiger partial charge in [-0.05, 0) is 74.6 Å². The van der Waals surface area contributed by atoms with E-state index in [0.29, 0.717) is 24.3 Å². The third-order valence-electron chi connectivity index (χ3n) is 5.45. The first-order valence-electron chi connectivity index (χ1n) is 10.3. The Kier molecular flexibility index (Phi) is 9.05. The van der Waals surface area contributed by atoms with Crippen LogP contribution >= 0.6 is 11.6 Å². The number of allylic oxidation sites excluding steroid dienone is 7. The van der Waals surface area contributed by atoms with E-state index >= 15 is 0 Å². The molecule has 1 aromatic rings. The number of ether oxygens (including phenoxy) is 1. The molecule has 1 aromatic carbocycles. The van der Waals surface area contributed by atoms with E-state index in [0.717, 1.165) is 25.2 Å². The summed E-state index contributed by atoms with van der Waals surface area (Å²) in [6, 6.07) is 3.51. The number of benzene rings is 1. The Bertz CT molecular complexity index is 773. The van der Waals surface area contributed by atoms with Crippen molar-refractivity contribution in [2.45, 2.75) is 59.3 Å². The van der Waals surface area contributed by atoms with Crippen LogP contribution in [0.3, 0.4) is 0 Å². The molecule has 28 heavy (non-hydrogen) atoms. The van der Waals surface area contributed by atoms with Gasteiger partial charge in [0.1, 0.15) is 16.6 Å². The lowest BCUT2D eigenvalue weighted by Crippen LogP contribution is -2.05. The van der Waals surface area contributed by atoms with E-state index in [1.807, 2.05) is 13.0 Å². The van der Waals surface area contributed by atoms with E-state index in [1.165, 1.54) is 29.6 Å². The molecule has 0 heterocycles. The molecule has 1 aliphatic carbocycles. The molecule has 1 unspecified atom stereocenters. The minimum absolute atomic E-state index is 0.0736. The number of hydrogen-bond donors (Lipinski definition) is 0. The Morgan fingerprint density at radius 1 is 1.32 bits per heavy atom. The maximum Gasteiger partial charge on any atom is 0.148 e. The largest absolute Gasteiger partial charge is 0.492 e. The van der Waals surface area contributed by atoms with Gasteiger partial charge in [0.15, 0.2) is 0 Å². The van der Waals surface area contributed by atoms with Crippen LogP contribution < -0.4 is 4.74 Å². The van der Waals surface area contributed by atoms with Crippen molar-refractivity contribution in [3.63, 3.8) is 0 Å². The molecule has 0 radical (unpaired) electrons. The van der Waals surface area contributed by atoms with Crippen LogP contribution in [0.1, 0.15) is 58.4 Å². The van der Waals surface area contributed by atoms with E-state index in [1.54, 1.807) is 12.1 Å². The smallest absolute Gasteiger partial charge is 0.148 e. The zero-order valence-corrected chi connectivity index (χ0v) is 18.1. The van der Waals surface area contributed by atoms with Gasteiger partial charge in [-0.1, -0.05) is 67.5 Å². The van der Waals surface area contributed by atoms with Crippen molar-refractivity contribution in [1.82, 2.24) is 0 Å². The summed E-state index contributed by atoms with van der Waals surface area (Å²) in [5.41, 5.74) is 4.42. The predicted molar refractivity (Wildman–Crippen MR) is 119 cm³/mol. The molecule has 0 amide bonds. The first-order chi connectivity index (χ1) is 13.5. The van der Waals surface area contributed by atoms with Crippen LogP contribution in [0.5, 0.6) is 5.75 Å². The second-order valence-electron chi connectivity index (χ2n) is 7.40. The van der Waals surface area contributed by atoms with E-state index in [4.69, 9.17) is 16.3 Å². The molecule has 0 fully saturated rings. The molecule has 1 atom stereocenters. The Morgan fingerprint density at radius 3 is 2.71 bits per heavy atom. The lowest BCUT2D eigenvalue weighted by atomic mass is 9.85. The summed E-state index contributed by atoms with van der Waals surface area (Å²) < 4.78 is 19.8. The number of hydrogen-bond acceptors (Lipinski definition) is 1. The first kappa shape index (κ1) is 22.5. The van der Waals surface area contributed by atoms with E-state index in [9.17, 15) is 4.39 Å². The summed E-state index contributed by atoms with van der Waals surface area (Å²) in [6.45, 7) is 10.6. The average Bonchev–Trinajstić information content (AvgIpc) is 2.72. The SMILES string of the molecule is C=C/C(=C\C=C(/C)CCc1ccc(OCC)c(Cl)c1F)C1=CCC(CC)CC1. The number of halogens is 2. The second-order valence-corrected chi connectivity index (χ2v) is 7.78. The Hall–Kier alpha value is -1.80. The lowest BCUT2D eigenvalue weighted by molar-refractivity contribution is 0.338. The lowest BCUT2D eigenvalue weighted by Gasteiger charge is -2.21. The van der Waals surface area contributed by atoms with Crippen LogP contribution in [0, 0.1) is 11.7 Å². The van der Waals surface area contributed by atoms with Crippen LogP contribution in [-0.2, 0) is 6.42 Å². The summed E-state index contributed by atoms with van der Waals surface area (Å²) in [6.07, 6.45) is 14.8. The molecule has 0 bridgehead atoms. The molecule has 3 heteroatoms. The first-order valence-corrected chi connectivity index (χ1v) is 10.7. The van der Waals surface area contributed by atoms with Gasteiger partial charge in [-0.2, -0.15) is 0 Å². The highest BCUT2D eigenvalue weighted by molar-refractivity contribution is 6.32. The third kappa shape index (κ3) is 6.10. The molecular weight excluding hydrogens is 371 g/mol. The Balaban J connectivity index is 2.02. The predicted octanol–water partition coefficient (Wildman–Crippen LogP) is 8.01. The van der Waals surface area contributed by atoms with Crippen molar-refractivity contribution in [1.29, 1.82) is 0 Å². The Morgan fingerprint density at radius 2 is 2.11 bits per heavy atom. The fourth-order valence-electron chi connectivity index (χ4n) is 3.51. The summed E-state index contributed by atoms with van der Waals surface area (Å²) in [4.78, 5) is 0. The van der Waals surface area contributed by atoms with Gasteiger partial charge < -0.3 is 4.74 Å². The zero-order chi connectivity index (χ0) is 20.5. The summed E-state index contributed by atoms with van der Waals surface area (Å²) in [7, 11) is 0. The Labute approximate surface area is 174 Å². The summed E-state index contributed by atoms with van der Waals surface area (Å²) in [5.74, 6) is 0.853. The summed E-state index contributed by atoms with van der Waals surface area (Å²) in [5, 5.41) is 0.0736. The highest BCUT2D eigenvalue weighted by Crippen LogP contribution is 2.31. The minimum atomic E-state index is -0.374. The molecule has 0 aliphatic heterocycles. The van der Waals surface area contributed by atoms with Crippen LogP contribution in [0.4, 0.5) is 4.39 Å². The van der Waals surface area contributed by atoms with Crippen molar-refractivity contribution in [3.05, 3.63) is 76.1 Å². The minimum Gasteiger partial charge on any atom is -0.492 e. The van der Waals surface area contributed by atoms with Gasteiger partial charge in [-0.15, -0.1) is 0 Å². The van der Waals surface area contributed by atoms with E-state index < -0.39 is 0 Å². The standard InChI is InChI=1S/C25H32ClFO/c1-5-19-10-14-21(15-11-19)20(6-2)12-8-18(4)9-13-22-16-17-23(28-7-3)24(26)25(22)27/h6,8,12,14,16-17,19H,2,5,7,9-11,13,15H2,1,3-4H3/b18-8+,20-12+. The molecule has 1 aliphatic rings. The van der Waals surface area contributed by atoms with E-state index in [-0.39, 0.29) is 10.8 Å². The van der Waals surface area contributed by atoms with Crippen LogP contribution in [0.15, 0.2) is 59.7 Å². The maximum atomic E-state index is 14.4. The van der Waals surface area contributed by atoms with Crippen molar-refractivity contribution in [3.8, 4) is 5.75 Å². The quantitative estimate of drug-likeness (QED) is 0.380. The normalized spacial score (nSPS) is 18.0. The van der Waals surface area contributed by atoms with Crippen LogP contribution in [0.2, 0.25) is 5.02 Å². The average molecular weight is 403 g/mol. The topological polar surface area (TPSA) is 9.23 Å². The van der Waals surface area contributed by atoms with Gasteiger partial charge >= 0.3 is 0 Å². The highest BCUT2D eigenvalue weighted by Gasteiger charge is 2.14. The van der Waals surface area contributed by atoms with Gasteiger partial charge in [-0.3, -0.25) is 0 Å². The van der Waals surface area contributed by atoms with Gasteiger partial charge in [0.25, 0.3) is 0 Å². The van der Waals surface area contributed by atoms with Gasteiger partial charge in [0.05, 0.1) is 6.61 Å². The number of rotatable bonds is 9. The van der Waals surface area contributed by atoms with Crippen molar-refractivity contribution < 1.29 is 9.13 Å². The van der Waals surface area contributed by atoms with Crippen LogP contribution in [-0.4, -0.2) is 6.61 Å². The maximum absolute atomic E-state index is 14.4. The molecule has 1 nitrogen and oxygen atoms in total. The third-order valence-corrected chi connectivity index (χ3v) is 5.80. The van der Waals surface area contributed by atoms with Gasteiger partial charge in [-0.25, -0.2) is 4.39 Å². The fourth-order valence-corrected chi connectivity index (χ4v) is 3.75. The van der Waals surface area contributed by atoms with E-state index in [2.05, 4.69) is 38.7 Å². The highest BCUT2D eigenvalue weighted by atomic mass is 35.5. The molecule has 0 spiro atoms. The van der Waals surface area contributed by atoms with Crippen LogP contribution in [0.25, 0.3) is 0 Å². The molecule has 0 N–H and O–H groups in total. The molecular formula is C25H32ClFO. The second kappa shape index (κ2) is 11.3. The fraction of sp³-hybridized carbons (Fsp3) is 0.440. The number of aryl methyl sites for hydroxylation is 1.